The lowest BCUT2D eigenvalue weighted by molar-refractivity contribution is -0.384. The summed E-state index contributed by atoms with van der Waals surface area (Å²) in [5.74, 6) is 0.804. The molecule has 0 radical (unpaired) electrons. The Morgan fingerprint density at radius 2 is 2.06 bits per heavy atom. The van der Waals surface area contributed by atoms with Gasteiger partial charge in [0, 0.05) is 36.6 Å². The number of non-ortho nitro benzene ring substituents is 1. The highest BCUT2D eigenvalue weighted by molar-refractivity contribution is 5.57. The van der Waals surface area contributed by atoms with Gasteiger partial charge in [0.05, 0.1) is 4.92 Å². The van der Waals surface area contributed by atoms with Crippen LogP contribution in [-0.2, 0) is 6.54 Å². The van der Waals surface area contributed by atoms with Crippen molar-refractivity contribution in [1.29, 1.82) is 0 Å². The molecular formula is C12H14N4O2. The van der Waals surface area contributed by atoms with Gasteiger partial charge in [0.15, 0.2) is 0 Å². The number of nitro benzene ring substituents is 1. The van der Waals surface area contributed by atoms with Crippen LogP contribution < -0.4 is 5.73 Å². The van der Waals surface area contributed by atoms with Crippen LogP contribution in [0.1, 0.15) is 6.42 Å². The van der Waals surface area contributed by atoms with Crippen molar-refractivity contribution < 1.29 is 4.92 Å². The number of hydrogen-bond acceptors (Lipinski definition) is 4. The van der Waals surface area contributed by atoms with Crippen molar-refractivity contribution >= 4 is 5.69 Å². The van der Waals surface area contributed by atoms with Crippen LogP contribution in [-0.4, -0.2) is 21.0 Å². The van der Waals surface area contributed by atoms with Gasteiger partial charge in [-0.3, -0.25) is 10.1 Å². The van der Waals surface area contributed by atoms with E-state index in [1.165, 1.54) is 12.1 Å². The van der Waals surface area contributed by atoms with Gasteiger partial charge in [-0.2, -0.15) is 0 Å². The van der Waals surface area contributed by atoms with Crippen molar-refractivity contribution in [2.75, 3.05) is 6.54 Å². The Balaban J connectivity index is 2.25. The maximum atomic E-state index is 10.6. The van der Waals surface area contributed by atoms with Gasteiger partial charge in [-0.1, -0.05) is 0 Å². The summed E-state index contributed by atoms with van der Waals surface area (Å²) < 4.78 is 1.99. The number of nitro groups is 1. The van der Waals surface area contributed by atoms with E-state index in [9.17, 15) is 10.1 Å². The smallest absolute Gasteiger partial charge is 0.269 e. The van der Waals surface area contributed by atoms with Gasteiger partial charge in [0.25, 0.3) is 5.69 Å². The molecule has 2 rings (SSSR count). The highest BCUT2D eigenvalue weighted by Crippen LogP contribution is 2.21. The molecule has 0 aliphatic carbocycles. The monoisotopic (exact) mass is 246 g/mol. The molecule has 0 saturated heterocycles. The summed E-state index contributed by atoms with van der Waals surface area (Å²) in [4.78, 5) is 14.4. The summed E-state index contributed by atoms with van der Waals surface area (Å²) in [6.45, 7) is 1.42. The van der Waals surface area contributed by atoms with Crippen molar-refractivity contribution in [2.24, 2.45) is 5.73 Å². The number of nitrogens with two attached hydrogens (primary N) is 1. The summed E-state index contributed by atoms with van der Waals surface area (Å²) in [5.41, 5.74) is 6.42. The first-order valence-corrected chi connectivity index (χ1v) is 5.68. The third-order valence-corrected chi connectivity index (χ3v) is 2.65. The van der Waals surface area contributed by atoms with Crippen LogP contribution >= 0.6 is 0 Å². The average Bonchev–Trinajstić information content (AvgIpc) is 2.84. The van der Waals surface area contributed by atoms with Gasteiger partial charge in [-0.25, -0.2) is 4.98 Å². The van der Waals surface area contributed by atoms with Crippen LogP contribution in [0, 0.1) is 10.1 Å². The van der Waals surface area contributed by atoms with Gasteiger partial charge in [-0.15, -0.1) is 0 Å². The van der Waals surface area contributed by atoms with E-state index in [-0.39, 0.29) is 5.69 Å². The molecule has 1 heterocycles. The van der Waals surface area contributed by atoms with Gasteiger partial charge < -0.3 is 10.3 Å². The molecule has 6 nitrogen and oxygen atoms in total. The van der Waals surface area contributed by atoms with E-state index in [0.29, 0.717) is 6.54 Å². The Hall–Kier alpha value is -2.21. The van der Waals surface area contributed by atoms with E-state index in [4.69, 9.17) is 5.73 Å². The third-order valence-electron chi connectivity index (χ3n) is 2.65. The predicted octanol–water partition coefficient (Wildman–Crippen LogP) is 1.81. The molecule has 0 saturated carbocycles. The quantitative estimate of drug-likeness (QED) is 0.643. The Labute approximate surface area is 104 Å². The molecule has 0 unspecified atom stereocenters. The Morgan fingerprint density at radius 3 is 2.67 bits per heavy atom. The van der Waals surface area contributed by atoms with Crippen molar-refractivity contribution in [3.05, 3.63) is 46.8 Å². The van der Waals surface area contributed by atoms with E-state index in [2.05, 4.69) is 4.98 Å². The van der Waals surface area contributed by atoms with Gasteiger partial charge in [-0.05, 0) is 25.1 Å². The second-order valence-corrected chi connectivity index (χ2v) is 3.89. The summed E-state index contributed by atoms with van der Waals surface area (Å²) in [6, 6.07) is 6.38. The van der Waals surface area contributed by atoms with Crippen LogP contribution in [0.15, 0.2) is 36.7 Å². The fourth-order valence-electron chi connectivity index (χ4n) is 1.74. The maximum absolute atomic E-state index is 10.6. The molecule has 0 bridgehead atoms. The van der Waals surface area contributed by atoms with Crippen LogP contribution in [0.2, 0.25) is 0 Å². The Bertz CT molecular complexity index is 533. The van der Waals surface area contributed by atoms with E-state index < -0.39 is 4.92 Å². The average molecular weight is 246 g/mol. The summed E-state index contributed by atoms with van der Waals surface area (Å²) in [5, 5.41) is 10.6. The second kappa shape index (κ2) is 5.42. The topological polar surface area (TPSA) is 87.0 Å². The Morgan fingerprint density at radius 1 is 1.33 bits per heavy atom. The lowest BCUT2D eigenvalue weighted by atomic mass is 10.2. The molecule has 0 amide bonds. The maximum Gasteiger partial charge on any atom is 0.269 e. The fourth-order valence-corrected chi connectivity index (χ4v) is 1.74. The van der Waals surface area contributed by atoms with E-state index >= 15 is 0 Å². The summed E-state index contributed by atoms with van der Waals surface area (Å²) >= 11 is 0. The molecule has 2 N–H and O–H groups in total. The number of benzene rings is 1. The molecule has 2 aromatic rings. The van der Waals surface area contributed by atoms with Crippen molar-refractivity contribution in [3.63, 3.8) is 0 Å². The first-order chi connectivity index (χ1) is 8.72. The van der Waals surface area contributed by atoms with Crippen LogP contribution in [0.3, 0.4) is 0 Å². The zero-order valence-electron chi connectivity index (χ0n) is 9.82. The van der Waals surface area contributed by atoms with Gasteiger partial charge >= 0.3 is 0 Å². The molecule has 6 heteroatoms. The molecule has 0 aliphatic rings. The number of hydrogen-bond donors (Lipinski definition) is 1. The molecule has 94 valence electrons. The first kappa shape index (κ1) is 12.3. The second-order valence-electron chi connectivity index (χ2n) is 3.89. The molecule has 0 aliphatic heterocycles. The first-order valence-electron chi connectivity index (χ1n) is 5.68. The summed E-state index contributed by atoms with van der Waals surface area (Å²) in [7, 11) is 0. The zero-order chi connectivity index (χ0) is 13.0. The minimum absolute atomic E-state index is 0.0822. The highest BCUT2D eigenvalue weighted by Gasteiger charge is 2.08. The number of aryl methyl sites for hydroxylation is 1. The lowest BCUT2D eigenvalue weighted by Crippen LogP contribution is -2.06. The number of aromatic nitrogens is 2. The zero-order valence-corrected chi connectivity index (χ0v) is 9.82. The predicted molar refractivity (Wildman–Crippen MR) is 68.0 cm³/mol. The van der Waals surface area contributed by atoms with Gasteiger partial charge in [0.1, 0.15) is 5.82 Å². The van der Waals surface area contributed by atoms with Crippen molar-refractivity contribution in [3.8, 4) is 11.4 Å². The van der Waals surface area contributed by atoms with E-state index in [0.717, 1.165) is 24.4 Å². The number of rotatable bonds is 5. The van der Waals surface area contributed by atoms with E-state index in [1.807, 2.05) is 10.8 Å². The third kappa shape index (κ3) is 2.54. The molecule has 0 fully saturated rings. The normalized spacial score (nSPS) is 10.5. The Kier molecular flexibility index (Phi) is 3.69. The van der Waals surface area contributed by atoms with Crippen molar-refractivity contribution in [2.45, 2.75) is 13.0 Å². The van der Waals surface area contributed by atoms with Gasteiger partial charge in [0.2, 0.25) is 0 Å². The lowest BCUT2D eigenvalue weighted by Gasteiger charge is -2.06. The molecule has 0 atom stereocenters. The SMILES string of the molecule is NCCCn1ccnc1-c1ccc([N+](=O)[O-])cc1. The molecule has 18 heavy (non-hydrogen) atoms. The largest absolute Gasteiger partial charge is 0.331 e. The summed E-state index contributed by atoms with van der Waals surface area (Å²) in [6.07, 6.45) is 4.47. The molecule has 0 spiro atoms. The fraction of sp³-hybridized carbons (Fsp3) is 0.250. The van der Waals surface area contributed by atoms with Crippen molar-refractivity contribution in [1.82, 2.24) is 9.55 Å². The minimum Gasteiger partial charge on any atom is -0.331 e. The molecular weight excluding hydrogens is 232 g/mol. The van der Waals surface area contributed by atoms with Crippen LogP contribution in [0.25, 0.3) is 11.4 Å². The standard InChI is InChI=1S/C12H14N4O2/c13-6-1-8-15-9-7-14-12(15)10-2-4-11(5-3-10)16(17)18/h2-5,7,9H,1,6,8,13H2. The van der Waals surface area contributed by atoms with Crippen LogP contribution in [0.5, 0.6) is 0 Å². The van der Waals surface area contributed by atoms with E-state index in [1.54, 1.807) is 18.3 Å². The molecule has 1 aromatic carbocycles. The highest BCUT2D eigenvalue weighted by atomic mass is 16.6. The minimum atomic E-state index is -0.412. The number of nitrogens with zero attached hydrogens (tertiary/aromatic N) is 3. The molecule has 1 aromatic heterocycles. The van der Waals surface area contributed by atoms with Crippen LogP contribution in [0.4, 0.5) is 5.69 Å². The number of imidazole rings is 1.